The Morgan fingerprint density at radius 1 is 1.38 bits per heavy atom. The molecule has 0 saturated heterocycles. The fraction of sp³-hybridized carbons (Fsp3) is 0.562. The maximum atomic E-state index is 5.29. The smallest absolute Gasteiger partial charge is 0.216 e. The number of aromatic nitrogens is 3. The van der Waals surface area contributed by atoms with Crippen LogP contribution in [0.15, 0.2) is 27.8 Å². The van der Waals surface area contributed by atoms with Gasteiger partial charge < -0.3 is 15.1 Å². The van der Waals surface area contributed by atoms with Crippen LogP contribution < -0.4 is 10.6 Å². The average Bonchev–Trinajstić information content (AvgIpc) is 3.26. The fourth-order valence-electron chi connectivity index (χ4n) is 2.11. The maximum absolute atomic E-state index is 5.29. The van der Waals surface area contributed by atoms with E-state index < -0.39 is 0 Å². The Kier molecular flexibility index (Phi) is 8.23. The van der Waals surface area contributed by atoms with Crippen LogP contribution in [0.4, 0.5) is 0 Å². The second-order valence-electron chi connectivity index (χ2n) is 5.22. The molecule has 0 radical (unpaired) electrons. The zero-order valence-corrected chi connectivity index (χ0v) is 15.2. The Morgan fingerprint density at radius 3 is 3.04 bits per heavy atom. The van der Waals surface area contributed by atoms with Crippen LogP contribution in [-0.4, -0.2) is 52.8 Å². The number of furan rings is 1. The molecule has 0 saturated carbocycles. The van der Waals surface area contributed by atoms with Crippen LogP contribution in [0.25, 0.3) is 11.6 Å². The van der Waals surface area contributed by atoms with Gasteiger partial charge in [0.15, 0.2) is 11.7 Å². The Morgan fingerprint density at radius 2 is 2.29 bits per heavy atom. The summed E-state index contributed by atoms with van der Waals surface area (Å²) in [6, 6.07) is 3.67. The van der Waals surface area contributed by atoms with E-state index in [0.29, 0.717) is 11.6 Å². The third-order valence-corrected chi connectivity index (χ3v) is 4.00. The molecule has 3 N–H and O–H groups in total. The number of guanidine groups is 1. The van der Waals surface area contributed by atoms with Crippen LogP contribution in [0.2, 0.25) is 0 Å². The first kappa shape index (κ1) is 18.4. The summed E-state index contributed by atoms with van der Waals surface area (Å²) in [5.74, 6) is 4.13. The van der Waals surface area contributed by atoms with Gasteiger partial charge in [0.05, 0.1) is 6.26 Å². The number of nitrogens with one attached hydrogen (secondary N) is 3. The second-order valence-corrected chi connectivity index (χ2v) is 6.21. The van der Waals surface area contributed by atoms with Crippen LogP contribution in [-0.2, 0) is 6.42 Å². The topological polar surface area (TPSA) is 91.1 Å². The van der Waals surface area contributed by atoms with E-state index in [2.05, 4.69) is 44.0 Å². The summed E-state index contributed by atoms with van der Waals surface area (Å²) >= 11 is 1.88. The maximum Gasteiger partial charge on any atom is 0.216 e. The van der Waals surface area contributed by atoms with E-state index in [4.69, 9.17) is 4.42 Å². The van der Waals surface area contributed by atoms with Crippen molar-refractivity contribution in [2.24, 2.45) is 4.99 Å². The molecule has 8 heteroatoms. The summed E-state index contributed by atoms with van der Waals surface area (Å²) in [6.45, 7) is 4.50. The van der Waals surface area contributed by atoms with Crippen molar-refractivity contribution in [1.29, 1.82) is 0 Å². The van der Waals surface area contributed by atoms with Crippen molar-refractivity contribution in [3.63, 3.8) is 0 Å². The largest absolute Gasteiger partial charge is 0.461 e. The number of aromatic amines is 1. The minimum Gasteiger partial charge on any atom is -0.461 e. The first-order valence-electron chi connectivity index (χ1n) is 8.29. The molecule has 132 valence electrons. The van der Waals surface area contributed by atoms with Crippen LogP contribution >= 0.6 is 11.8 Å². The van der Waals surface area contributed by atoms with Gasteiger partial charge in [-0.3, -0.25) is 10.1 Å². The van der Waals surface area contributed by atoms with Crippen molar-refractivity contribution in [2.75, 3.05) is 31.6 Å². The number of thioether (sulfide) groups is 1. The number of nitrogens with zero attached hydrogens (tertiary/aromatic N) is 3. The highest BCUT2D eigenvalue weighted by atomic mass is 32.2. The minimum atomic E-state index is 0.587. The Labute approximate surface area is 147 Å². The van der Waals surface area contributed by atoms with Gasteiger partial charge in [-0.2, -0.15) is 16.9 Å². The Bertz CT molecular complexity index is 595. The summed E-state index contributed by atoms with van der Waals surface area (Å²) in [7, 11) is 0. The van der Waals surface area contributed by atoms with Gasteiger partial charge in [-0.25, -0.2) is 4.98 Å². The van der Waals surface area contributed by atoms with E-state index in [-0.39, 0.29) is 0 Å². The molecule has 2 aromatic heterocycles. The lowest BCUT2D eigenvalue weighted by Crippen LogP contribution is -2.38. The monoisotopic (exact) mass is 350 g/mol. The molecule has 0 spiro atoms. The molecule has 0 bridgehead atoms. The number of hydrogen-bond donors (Lipinski definition) is 3. The predicted octanol–water partition coefficient (Wildman–Crippen LogP) is 2.31. The summed E-state index contributed by atoms with van der Waals surface area (Å²) in [5, 5.41) is 13.7. The SMILES string of the molecule is CCNC(=NCCCCSC)NCCc1nc(-c2ccco2)n[nH]1. The zero-order valence-electron chi connectivity index (χ0n) is 14.3. The molecule has 0 aliphatic carbocycles. The molecule has 0 amide bonds. The molecular weight excluding hydrogens is 324 g/mol. The summed E-state index contributed by atoms with van der Waals surface area (Å²) in [4.78, 5) is 9.01. The molecule has 0 fully saturated rings. The van der Waals surface area contributed by atoms with Gasteiger partial charge in [0.25, 0.3) is 0 Å². The second kappa shape index (κ2) is 10.7. The highest BCUT2D eigenvalue weighted by molar-refractivity contribution is 7.98. The third kappa shape index (κ3) is 6.27. The molecule has 0 atom stereocenters. The Hall–Kier alpha value is -1.96. The van der Waals surface area contributed by atoms with Crippen molar-refractivity contribution in [2.45, 2.75) is 26.2 Å². The lowest BCUT2D eigenvalue weighted by Gasteiger charge is -2.10. The number of H-pyrrole nitrogens is 1. The lowest BCUT2D eigenvalue weighted by molar-refractivity contribution is 0.577. The van der Waals surface area contributed by atoms with Crippen LogP contribution in [0, 0.1) is 0 Å². The molecule has 24 heavy (non-hydrogen) atoms. The fourth-order valence-corrected chi connectivity index (χ4v) is 2.61. The van der Waals surface area contributed by atoms with Crippen LogP contribution in [0.5, 0.6) is 0 Å². The van der Waals surface area contributed by atoms with Gasteiger partial charge in [0.1, 0.15) is 5.82 Å². The van der Waals surface area contributed by atoms with E-state index >= 15 is 0 Å². The number of hydrogen-bond acceptors (Lipinski definition) is 5. The standard InChI is InChI=1S/C16H26N6OS/c1-3-17-16(18-9-4-5-12-24-2)19-10-8-14-20-15(22-21-14)13-7-6-11-23-13/h6-7,11H,3-5,8-10,12H2,1-2H3,(H2,17,18,19)(H,20,21,22). The van der Waals surface area contributed by atoms with Gasteiger partial charge in [0, 0.05) is 26.1 Å². The molecule has 0 aliphatic heterocycles. The first-order valence-corrected chi connectivity index (χ1v) is 9.69. The minimum absolute atomic E-state index is 0.587. The van der Waals surface area contributed by atoms with E-state index in [9.17, 15) is 0 Å². The van der Waals surface area contributed by atoms with E-state index in [1.807, 2.05) is 23.9 Å². The van der Waals surface area contributed by atoms with Crippen LogP contribution in [0.3, 0.4) is 0 Å². The zero-order chi connectivity index (χ0) is 17.0. The van der Waals surface area contributed by atoms with Gasteiger partial charge >= 0.3 is 0 Å². The van der Waals surface area contributed by atoms with Crippen molar-refractivity contribution >= 4 is 17.7 Å². The highest BCUT2D eigenvalue weighted by Crippen LogP contribution is 2.14. The summed E-state index contributed by atoms with van der Waals surface area (Å²) < 4.78 is 5.29. The highest BCUT2D eigenvalue weighted by Gasteiger charge is 2.08. The number of rotatable bonds is 10. The van der Waals surface area contributed by atoms with Gasteiger partial charge in [0.2, 0.25) is 5.82 Å². The first-order chi connectivity index (χ1) is 11.8. The molecule has 2 rings (SSSR count). The predicted molar refractivity (Wildman–Crippen MR) is 99.4 cm³/mol. The summed E-state index contributed by atoms with van der Waals surface area (Å²) in [5.41, 5.74) is 0. The molecule has 7 nitrogen and oxygen atoms in total. The number of unbranched alkanes of at least 4 members (excludes halogenated alkanes) is 1. The van der Waals surface area contributed by atoms with E-state index in [0.717, 1.165) is 44.3 Å². The van der Waals surface area contributed by atoms with Crippen molar-refractivity contribution in [1.82, 2.24) is 25.8 Å². The normalized spacial score (nSPS) is 11.7. The molecule has 0 aromatic carbocycles. The summed E-state index contributed by atoms with van der Waals surface area (Å²) in [6.07, 6.45) is 6.81. The molecule has 2 aromatic rings. The molecule has 0 unspecified atom stereocenters. The lowest BCUT2D eigenvalue weighted by atomic mass is 10.3. The van der Waals surface area contributed by atoms with E-state index in [1.165, 1.54) is 12.2 Å². The van der Waals surface area contributed by atoms with Crippen molar-refractivity contribution in [3.05, 3.63) is 24.2 Å². The van der Waals surface area contributed by atoms with Crippen molar-refractivity contribution < 1.29 is 4.42 Å². The number of aliphatic imine (C=N–C) groups is 1. The Balaban J connectivity index is 1.74. The van der Waals surface area contributed by atoms with E-state index in [1.54, 1.807) is 6.26 Å². The third-order valence-electron chi connectivity index (χ3n) is 3.30. The van der Waals surface area contributed by atoms with Gasteiger partial charge in [-0.15, -0.1) is 0 Å². The quantitative estimate of drug-likeness (QED) is 0.346. The molecule has 2 heterocycles. The van der Waals surface area contributed by atoms with Crippen LogP contribution in [0.1, 0.15) is 25.6 Å². The van der Waals surface area contributed by atoms with Gasteiger partial charge in [-0.05, 0) is 43.9 Å². The molecule has 0 aliphatic rings. The average molecular weight is 350 g/mol. The molecular formula is C16H26N6OS. The van der Waals surface area contributed by atoms with Crippen molar-refractivity contribution in [3.8, 4) is 11.6 Å². The van der Waals surface area contributed by atoms with Gasteiger partial charge in [-0.1, -0.05) is 0 Å².